The highest BCUT2D eigenvalue weighted by Crippen LogP contribution is 2.39. The van der Waals surface area contributed by atoms with E-state index in [1.807, 2.05) is 0 Å². The zero-order valence-electron chi connectivity index (χ0n) is 7.05. The van der Waals surface area contributed by atoms with Gasteiger partial charge in [-0.2, -0.15) is 0 Å². The van der Waals surface area contributed by atoms with E-state index in [1.165, 1.54) is 6.42 Å². The Hall–Kier alpha value is -0.0800. The van der Waals surface area contributed by atoms with Gasteiger partial charge in [-0.05, 0) is 25.2 Å². The van der Waals surface area contributed by atoms with E-state index < -0.39 is 0 Å². The predicted molar refractivity (Wildman–Crippen MR) is 42.3 cm³/mol. The maximum atomic E-state index is 9.99. The molecule has 0 aromatic heterocycles. The SMILES string of the molecule is CC1CCC(O)(CC2CO2)C1. The lowest BCUT2D eigenvalue weighted by atomic mass is 9.95. The molecule has 64 valence electrons. The molecule has 0 amide bonds. The van der Waals surface area contributed by atoms with Crippen LogP contribution in [0.25, 0.3) is 0 Å². The summed E-state index contributed by atoms with van der Waals surface area (Å²) in [5.74, 6) is 0.707. The Labute approximate surface area is 67.6 Å². The van der Waals surface area contributed by atoms with E-state index in [0.717, 1.165) is 25.9 Å². The molecule has 1 aliphatic heterocycles. The molecule has 1 saturated heterocycles. The van der Waals surface area contributed by atoms with Crippen LogP contribution in [0.15, 0.2) is 0 Å². The van der Waals surface area contributed by atoms with E-state index >= 15 is 0 Å². The van der Waals surface area contributed by atoms with Gasteiger partial charge in [0.2, 0.25) is 0 Å². The smallest absolute Gasteiger partial charge is 0.0837 e. The van der Waals surface area contributed by atoms with Gasteiger partial charge in [0.25, 0.3) is 0 Å². The molecule has 2 fully saturated rings. The van der Waals surface area contributed by atoms with E-state index in [1.54, 1.807) is 0 Å². The molecule has 1 heterocycles. The molecule has 1 aliphatic carbocycles. The molecule has 0 aromatic carbocycles. The summed E-state index contributed by atoms with van der Waals surface area (Å²) in [5.41, 5.74) is -0.374. The Bertz CT molecular complexity index is 154. The number of aliphatic hydroxyl groups is 1. The van der Waals surface area contributed by atoms with Gasteiger partial charge in [-0.3, -0.25) is 0 Å². The van der Waals surface area contributed by atoms with Crippen molar-refractivity contribution in [3.8, 4) is 0 Å². The quantitative estimate of drug-likeness (QED) is 0.612. The number of rotatable bonds is 2. The number of hydrogen-bond donors (Lipinski definition) is 1. The fourth-order valence-electron chi connectivity index (χ4n) is 2.16. The van der Waals surface area contributed by atoms with E-state index in [9.17, 15) is 5.11 Å². The molecule has 2 rings (SSSR count). The summed E-state index contributed by atoms with van der Waals surface area (Å²) in [6.45, 7) is 3.09. The van der Waals surface area contributed by atoms with E-state index in [4.69, 9.17) is 4.74 Å². The Kier molecular flexibility index (Phi) is 1.69. The van der Waals surface area contributed by atoms with Crippen LogP contribution in [0.5, 0.6) is 0 Å². The molecule has 0 spiro atoms. The van der Waals surface area contributed by atoms with Gasteiger partial charge in [-0.1, -0.05) is 6.92 Å². The Balaban J connectivity index is 1.87. The fourth-order valence-corrected chi connectivity index (χ4v) is 2.16. The molecule has 1 saturated carbocycles. The standard InChI is InChI=1S/C9H16O2/c1-7-2-3-9(10,4-7)5-8-6-11-8/h7-8,10H,2-6H2,1H3. The van der Waals surface area contributed by atoms with Gasteiger partial charge >= 0.3 is 0 Å². The van der Waals surface area contributed by atoms with Crippen molar-refractivity contribution in [2.24, 2.45) is 5.92 Å². The van der Waals surface area contributed by atoms with Crippen LogP contribution < -0.4 is 0 Å². The minimum absolute atomic E-state index is 0.374. The molecular weight excluding hydrogens is 140 g/mol. The zero-order chi connectivity index (χ0) is 7.90. The topological polar surface area (TPSA) is 32.8 Å². The van der Waals surface area contributed by atoms with E-state index in [-0.39, 0.29) is 5.60 Å². The first-order chi connectivity index (χ1) is 5.18. The van der Waals surface area contributed by atoms with Gasteiger partial charge in [0.15, 0.2) is 0 Å². The van der Waals surface area contributed by atoms with Crippen LogP contribution in [-0.2, 0) is 4.74 Å². The third-order valence-electron chi connectivity index (χ3n) is 2.84. The number of hydrogen-bond acceptors (Lipinski definition) is 2. The monoisotopic (exact) mass is 156 g/mol. The summed E-state index contributed by atoms with van der Waals surface area (Å²) in [6.07, 6.45) is 4.40. The lowest BCUT2D eigenvalue weighted by Crippen LogP contribution is -2.26. The second kappa shape index (κ2) is 2.46. The van der Waals surface area contributed by atoms with Crippen molar-refractivity contribution >= 4 is 0 Å². The lowest BCUT2D eigenvalue weighted by molar-refractivity contribution is 0.0281. The van der Waals surface area contributed by atoms with Crippen molar-refractivity contribution < 1.29 is 9.84 Å². The zero-order valence-corrected chi connectivity index (χ0v) is 7.05. The summed E-state index contributed by atoms with van der Waals surface area (Å²) < 4.78 is 5.11. The molecular formula is C9H16O2. The second-order valence-electron chi connectivity index (χ2n) is 4.23. The fraction of sp³-hybridized carbons (Fsp3) is 1.00. The Morgan fingerprint density at radius 3 is 2.82 bits per heavy atom. The van der Waals surface area contributed by atoms with Crippen LogP contribution in [0, 0.1) is 5.92 Å². The van der Waals surface area contributed by atoms with Gasteiger partial charge in [0.05, 0.1) is 18.3 Å². The van der Waals surface area contributed by atoms with Crippen LogP contribution in [0.3, 0.4) is 0 Å². The van der Waals surface area contributed by atoms with Crippen LogP contribution in [0.4, 0.5) is 0 Å². The minimum Gasteiger partial charge on any atom is -0.390 e. The molecule has 2 nitrogen and oxygen atoms in total. The van der Waals surface area contributed by atoms with E-state index in [0.29, 0.717) is 12.0 Å². The summed E-state index contributed by atoms with van der Waals surface area (Å²) in [4.78, 5) is 0. The van der Waals surface area contributed by atoms with Crippen molar-refractivity contribution in [1.82, 2.24) is 0 Å². The van der Waals surface area contributed by atoms with Gasteiger partial charge < -0.3 is 9.84 Å². The normalized spacial score (nSPS) is 49.6. The van der Waals surface area contributed by atoms with Crippen molar-refractivity contribution in [3.63, 3.8) is 0 Å². The molecule has 3 unspecified atom stereocenters. The minimum atomic E-state index is -0.374. The van der Waals surface area contributed by atoms with Crippen LogP contribution in [0.2, 0.25) is 0 Å². The number of epoxide rings is 1. The molecule has 0 aromatic rings. The van der Waals surface area contributed by atoms with Crippen molar-refractivity contribution in [3.05, 3.63) is 0 Å². The highest BCUT2D eigenvalue weighted by Gasteiger charge is 2.40. The first kappa shape index (κ1) is 7.56. The van der Waals surface area contributed by atoms with Crippen LogP contribution in [-0.4, -0.2) is 23.4 Å². The highest BCUT2D eigenvalue weighted by atomic mass is 16.6. The van der Waals surface area contributed by atoms with Crippen LogP contribution >= 0.6 is 0 Å². The van der Waals surface area contributed by atoms with Gasteiger partial charge in [-0.25, -0.2) is 0 Å². The van der Waals surface area contributed by atoms with Crippen molar-refractivity contribution in [2.45, 2.75) is 44.3 Å². The van der Waals surface area contributed by atoms with Gasteiger partial charge in [-0.15, -0.1) is 0 Å². The molecule has 2 heteroatoms. The third kappa shape index (κ3) is 1.74. The average molecular weight is 156 g/mol. The summed E-state index contributed by atoms with van der Waals surface area (Å²) in [7, 11) is 0. The summed E-state index contributed by atoms with van der Waals surface area (Å²) >= 11 is 0. The first-order valence-electron chi connectivity index (χ1n) is 4.52. The average Bonchev–Trinajstić information content (AvgIpc) is 2.62. The number of ether oxygens (including phenoxy) is 1. The molecule has 0 bridgehead atoms. The molecule has 3 atom stereocenters. The lowest BCUT2D eigenvalue weighted by Gasteiger charge is -2.20. The molecule has 0 radical (unpaired) electrons. The third-order valence-corrected chi connectivity index (χ3v) is 2.84. The largest absolute Gasteiger partial charge is 0.390 e. The summed E-state index contributed by atoms with van der Waals surface area (Å²) in [5, 5.41) is 9.99. The Morgan fingerprint density at radius 1 is 1.64 bits per heavy atom. The molecule has 11 heavy (non-hydrogen) atoms. The van der Waals surface area contributed by atoms with Crippen molar-refractivity contribution in [2.75, 3.05) is 6.61 Å². The van der Waals surface area contributed by atoms with E-state index in [2.05, 4.69) is 6.92 Å². The van der Waals surface area contributed by atoms with Crippen molar-refractivity contribution in [1.29, 1.82) is 0 Å². The second-order valence-corrected chi connectivity index (χ2v) is 4.23. The summed E-state index contributed by atoms with van der Waals surface area (Å²) in [6, 6.07) is 0. The maximum absolute atomic E-state index is 9.99. The predicted octanol–water partition coefficient (Wildman–Crippen LogP) is 1.33. The van der Waals surface area contributed by atoms with Gasteiger partial charge in [0, 0.05) is 6.42 Å². The molecule has 1 N–H and O–H groups in total. The highest BCUT2D eigenvalue weighted by molar-refractivity contribution is 4.92. The van der Waals surface area contributed by atoms with Gasteiger partial charge in [0.1, 0.15) is 0 Å². The first-order valence-corrected chi connectivity index (χ1v) is 4.52. The molecule has 2 aliphatic rings. The maximum Gasteiger partial charge on any atom is 0.0837 e. The van der Waals surface area contributed by atoms with Crippen LogP contribution in [0.1, 0.15) is 32.6 Å². The Morgan fingerprint density at radius 2 is 2.36 bits per heavy atom.